The molecule has 3 heterocycles. The number of morpholine rings is 1. The number of nitrogens with one attached hydrogen (secondary N) is 1. The molecule has 4 rings (SSSR count). The van der Waals surface area contributed by atoms with Gasteiger partial charge in [0.25, 0.3) is 10.2 Å². The van der Waals surface area contributed by atoms with Gasteiger partial charge in [-0.15, -0.1) is 0 Å². The molecule has 0 atom stereocenters. The number of anilines is 1. The molecule has 0 radical (unpaired) electrons. The Bertz CT molecular complexity index is 1120. The maximum Gasteiger partial charge on any atom is 0.321 e. The van der Waals surface area contributed by atoms with Gasteiger partial charge in [0.05, 0.1) is 13.2 Å². The van der Waals surface area contributed by atoms with E-state index in [2.05, 4.69) is 5.32 Å². The summed E-state index contributed by atoms with van der Waals surface area (Å²) in [5.41, 5.74) is 1.55. The lowest BCUT2D eigenvalue weighted by molar-refractivity contribution is -0.129. The molecule has 3 amide bonds. The van der Waals surface area contributed by atoms with Gasteiger partial charge in [-0.25, -0.2) is 4.79 Å². The van der Waals surface area contributed by atoms with Crippen molar-refractivity contribution in [3.63, 3.8) is 0 Å². The number of piperazine rings is 1. The number of nitrogens with zero attached hydrogens (tertiary/aromatic N) is 5. The number of likely N-dealkylation sites (N-methyl/N-ethyl adjacent to an activating group) is 1. The van der Waals surface area contributed by atoms with E-state index in [1.807, 2.05) is 29.0 Å². The second kappa shape index (κ2) is 9.67. The Kier molecular flexibility index (Phi) is 6.88. The molecule has 0 spiro atoms. The molecule has 12 heteroatoms. The third-order valence-corrected chi connectivity index (χ3v) is 8.01. The van der Waals surface area contributed by atoms with E-state index in [1.165, 1.54) is 8.61 Å². The van der Waals surface area contributed by atoms with Gasteiger partial charge in [-0.3, -0.25) is 4.79 Å². The molecule has 2 fully saturated rings. The normalized spacial score (nSPS) is 18.4. The minimum atomic E-state index is -3.53. The van der Waals surface area contributed by atoms with Crippen molar-refractivity contribution in [2.24, 2.45) is 0 Å². The van der Waals surface area contributed by atoms with Crippen molar-refractivity contribution >= 4 is 38.7 Å². The molecule has 2 saturated heterocycles. The monoisotopic (exact) mass is 478 g/mol. The van der Waals surface area contributed by atoms with Crippen molar-refractivity contribution in [3.05, 3.63) is 30.5 Å². The van der Waals surface area contributed by atoms with E-state index >= 15 is 0 Å². The highest BCUT2D eigenvalue weighted by Gasteiger charge is 2.34. The third-order valence-electron chi connectivity index (χ3n) is 5.98. The molecule has 2 aliphatic heterocycles. The van der Waals surface area contributed by atoms with Gasteiger partial charge in [-0.05, 0) is 24.3 Å². The molecule has 180 valence electrons. The number of carbonyl (C=O) groups excluding carboxylic acids is 2. The summed E-state index contributed by atoms with van der Waals surface area (Å²) in [7, 11) is -0.0868. The molecule has 0 aliphatic carbocycles. The molecule has 2 aliphatic rings. The highest BCUT2D eigenvalue weighted by Crippen LogP contribution is 2.22. The zero-order chi connectivity index (χ0) is 23.6. The average Bonchev–Trinajstić information content (AvgIpc) is 3.21. The predicted molar refractivity (Wildman–Crippen MR) is 124 cm³/mol. The molecule has 0 bridgehead atoms. The predicted octanol–water partition coefficient (Wildman–Crippen LogP) is 0.456. The summed E-state index contributed by atoms with van der Waals surface area (Å²) < 4.78 is 35.6. The summed E-state index contributed by atoms with van der Waals surface area (Å²) in [6.07, 6.45) is 1.85. The summed E-state index contributed by atoms with van der Waals surface area (Å²) in [4.78, 5) is 27.9. The first-order valence-corrected chi connectivity index (χ1v) is 12.3. The van der Waals surface area contributed by atoms with Gasteiger partial charge in [-0.1, -0.05) is 0 Å². The number of rotatable bonds is 5. The Hall–Kier alpha value is -2.67. The number of fused-ring (bicyclic) bond motifs is 1. The fraction of sp³-hybridized carbons (Fsp3) is 0.524. The first-order valence-electron chi connectivity index (χ1n) is 10.9. The SMILES string of the molecule is CN(C)C(=O)Cn1ccc2cc(NC(=O)N3CCN(S(=O)(=O)N4CCOCC4)CC3)ccc21. The topological polar surface area (TPSA) is 107 Å². The van der Waals surface area contributed by atoms with E-state index in [1.54, 1.807) is 30.0 Å². The van der Waals surface area contributed by atoms with Crippen LogP contribution in [0.25, 0.3) is 10.9 Å². The van der Waals surface area contributed by atoms with E-state index in [0.717, 1.165) is 10.9 Å². The zero-order valence-electron chi connectivity index (χ0n) is 18.9. The molecule has 1 aromatic carbocycles. The number of urea groups is 1. The number of hydrogen-bond donors (Lipinski definition) is 1. The minimum absolute atomic E-state index is 0.000319. The minimum Gasteiger partial charge on any atom is -0.379 e. The summed E-state index contributed by atoms with van der Waals surface area (Å²) in [5.74, 6) is -0.000319. The number of hydrogen-bond acceptors (Lipinski definition) is 5. The number of benzene rings is 1. The lowest BCUT2D eigenvalue weighted by atomic mass is 10.2. The largest absolute Gasteiger partial charge is 0.379 e. The van der Waals surface area contributed by atoms with Crippen LogP contribution in [0, 0.1) is 0 Å². The van der Waals surface area contributed by atoms with Crippen LogP contribution in [0.15, 0.2) is 30.5 Å². The van der Waals surface area contributed by atoms with Crippen LogP contribution in [-0.2, 0) is 26.3 Å². The first kappa shape index (κ1) is 23.5. The number of ether oxygens (including phenoxy) is 1. The van der Waals surface area contributed by atoms with Crippen molar-refractivity contribution in [2.75, 3.05) is 71.9 Å². The van der Waals surface area contributed by atoms with E-state index in [4.69, 9.17) is 4.74 Å². The van der Waals surface area contributed by atoms with Gasteiger partial charge in [0.1, 0.15) is 6.54 Å². The Morgan fingerprint density at radius 1 is 1.00 bits per heavy atom. The van der Waals surface area contributed by atoms with Crippen molar-refractivity contribution in [1.29, 1.82) is 0 Å². The van der Waals surface area contributed by atoms with Crippen molar-refractivity contribution in [3.8, 4) is 0 Å². The average molecular weight is 479 g/mol. The van der Waals surface area contributed by atoms with E-state index in [9.17, 15) is 18.0 Å². The van der Waals surface area contributed by atoms with Gasteiger partial charge in [-0.2, -0.15) is 17.0 Å². The highest BCUT2D eigenvalue weighted by atomic mass is 32.2. The number of amides is 3. The van der Waals surface area contributed by atoms with Crippen LogP contribution in [0.3, 0.4) is 0 Å². The van der Waals surface area contributed by atoms with E-state index in [0.29, 0.717) is 45.1 Å². The summed E-state index contributed by atoms with van der Waals surface area (Å²) >= 11 is 0. The Balaban J connectivity index is 1.34. The molecule has 1 aromatic heterocycles. The fourth-order valence-corrected chi connectivity index (χ4v) is 5.53. The van der Waals surface area contributed by atoms with Crippen LogP contribution in [0.2, 0.25) is 0 Å². The number of carbonyl (C=O) groups is 2. The van der Waals surface area contributed by atoms with Crippen LogP contribution in [0.5, 0.6) is 0 Å². The van der Waals surface area contributed by atoms with Crippen molar-refractivity contribution in [1.82, 2.24) is 23.0 Å². The number of aromatic nitrogens is 1. The molecular weight excluding hydrogens is 448 g/mol. The van der Waals surface area contributed by atoms with Crippen molar-refractivity contribution in [2.45, 2.75) is 6.54 Å². The second-order valence-corrected chi connectivity index (χ2v) is 10.3. The fourth-order valence-electron chi connectivity index (χ4n) is 3.97. The van der Waals surface area contributed by atoms with E-state index in [-0.39, 0.29) is 31.6 Å². The van der Waals surface area contributed by atoms with Gasteiger partial charge >= 0.3 is 6.03 Å². The highest BCUT2D eigenvalue weighted by molar-refractivity contribution is 7.86. The smallest absolute Gasteiger partial charge is 0.321 e. The molecule has 33 heavy (non-hydrogen) atoms. The lowest BCUT2D eigenvalue weighted by Gasteiger charge is -2.37. The third kappa shape index (κ3) is 5.13. The maximum atomic E-state index is 12.8. The van der Waals surface area contributed by atoms with Crippen LogP contribution in [0.4, 0.5) is 10.5 Å². The lowest BCUT2D eigenvalue weighted by Crippen LogP contribution is -2.56. The van der Waals surface area contributed by atoms with Gasteiger partial charge in [0, 0.05) is 76.2 Å². The van der Waals surface area contributed by atoms with Crippen LogP contribution in [-0.4, -0.2) is 110 Å². The molecule has 1 N–H and O–H groups in total. The molecule has 0 unspecified atom stereocenters. The van der Waals surface area contributed by atoms with Crippen LogP contribution >= 0.6 is 0 Å². The first-order chi connectivity index (χ1) is 15.8. The molecule has 2 aromatic rings. The second-order valence-electron chi connectivity index (χ2n) is 8.34. The Labute approximate surface area is 193 Å². The summed E-state index contributed by atoms with van der Waals surface area (Å²) in [6, 6.07) is 7.18. The molecule has 0 saturated carbocycles. The van der Waals surface area contributed by atoms with Gasteiger partial charge < -0.3 is 24.4 Å². The van der Waals surface area contributed by atoms with Gasteiger partial charge in [0.15, 0.2) is 0 Å². The van der Waals surface area contributed by atoms with Crippen LogP contribution < -0.4 is 5.32 Å². The Morgan fingerprint density at radius 2 is 1.67 bits per heavy atom. The molecule has 11 nitrogen and oxygen atoms in total. The maximum absolute atomic E-state index is 12.8. The van der Waals surface area contributed by atoms with Crippen molar-refractivity contribution < 1.29 is 22.7 Å². The summed E-state index contributed by atoms with van der Waals surface area (Å²) in [6.45, 7) is 2.93. The molecular formula is C21H30N6O5S. The standard InChI is InChI=1S/C21H30N6O5S/c1-23(2)20(28)16-25-6-5-17-15-18(3-4-19(17)25)22-21(29)24-7-9-26(10-8-24)33(30,31)27-11-13-32-14-12-27/h3-6,15H,7-14,16H2,1-2H3,(H,22,29). The van der Waals surface area contributed by atoms with Gasteiger partial charge in [0.2, 0.25) is 5.91 Å². The zero-order valence-corrected chi connectivity index (χ0v) is 19.8. The summed E-state index contributed by atoms with van der Waals surface area (Å²) in [5, 5.41) is 3.81. The Morgan fingerprint density at radius 3 is 2.33 bits per heavy atom. The van der Waals surface area contributed by atoms with E-state index < -0.39 is 10.2 Å². The quantitative estimate of drug-likeness (QED) is 0.672. The van der Waals surface area contributed by atoms with Crippen LogP contribution in [0.1, 0.15) is 0 Å².